The molecule has 2 N–H and O–H groups in total. The highest BCUT2D eigenvalue weighted by Gasteiger charge is 2.36. The van der Waals surface area contributed by atoms with E-state index in [4.69, 9.17) is 0 Å². The maximum absolute atomic E-state index is 10.1. The monoisotopic (exact) mass is 203 g/mol. The molecular formula is C13H17NO. The zero-order valence-electron chi connectivity index (χ0n) is 8.82. The van der Waals surface area contributed by atoms with E-state index in [0.29, 0.717) is 5.92 Å². The molecule has 2 atom stereocenters. The molecule has 2 nitrogen and oxygen atoms in total. The lowest BCUT2D eigenvalue weighted by atomic mass is 9.93. The Morgan fingerprint density at radius 2 is 2.00 bits per heavy atom. The topological polar surface area (TPSA) is 32.3 Å². The van der Waals surface area contributed by atoms with Crippen molar-refractivity contribution in [2.24, 2.45) is 5.92 Å². The second-order valence-electron chi connectivity index (χ2n) is 4.77. The second-order valence-corrected chi connectivity index (χ2v) is 4.77. The van der Waals surface area contributed by atoms with Crippen molar-refractivity contribution in [1.29, 1.82) is 0 Å². The van der Waals surface area contributed by atoms with E-state index in [1.54, 1.807) is 0 Å². The first-order valence-corrected chi connectivity index (χ1v) is 5.87. The Kier molecular flexibility index (Phi) is 2.17. The van der Waals surface area contributed by atoms with Gasteiger partial charge in [0.25, 0.3) is 0 Å². The minimum absolute atomic E-state index is 0.140. The molecule has 2 unspecified atom stereocenters. The van der Waals surface area contributed by atoms with Crippen LogP contribution in [0, 0.1) is 5.92 Å². The summed E-state index contributed by atoms with van der Waals surface area (Å²) in [5.41, 5.74) is 2.60. The van der Waals surface area contributed by atoms with Gasteiger partial charge in [0.15, 0.2) is 0 Å². The largest absolute Gasteiger partial charge is 0.391 e. The standard InChI is InChI=1S/C13H17NO/c15-13(10-5-6-10)12-8-7-9-3-1-2-4-11(9)14-12/h1-4,10,12-15H,5-8H2. The number of hydrogen-bond donors (Lipinski definition) is 2. The van der Waals surface area contributed by atoms with Crippen LogP contribution in [0.25, 0.3) is 0 Å². The smallest absolute Gasteiger partial charge is 0.0769 e. The van der Waals surface area contributed by atoms with Crippen molar-refractivity contribution in [3.63, 3.8) is 0 Å². The average Bonchev–Trinajstić information content (AvgIpc) is 3.11. The molecule has 0 saturated heterocycles. The van der Waals surface area contributed by atoms with Crippen molar-refractivity contribution in [3.8, 4) is 0 Å². The Hall–Kier alpha value is -1.02. The molecule has 1 aliphatic carbocycles. The van der Waals surface area contributed by atoms with Crippen molar-refractivity contribution in [2.45, 2.75) is 37.8 Å². The lowest BCUT2D eigenvalue weighted by Gasteiger charge is -2.30. The van der Waals surface area contributed by atoms with E-state index < -0.39 is 0 Å². The number of aliphatic hydroxyl groups is 1. The predicted molar refractivity (Wildman–Crippen MR) is 60.9 cm³/mol. The molecule has 0 spiro atoms. The molecule has 1 aromatic carbocycles. The summed E-state index contributed by atoms with van der Waals surface area (Å²) in [4.78, 5) is 0. The zero-order valence-corrected chi connectivity index (χ0v) is 8.82. The van der Waals surface area contributed by atoms with Crippen molar-refractivity contribution >= 4 is 5.69 Å². The van der Waals surface area contributed by atoms with Gasteiger partial charge in [-0.15, -0.1) is 0 Å². The fraction of sp³-hybridized carbons (Fsp3) is 0.538. The summed E-state index contributed by atoms with van der Waals surface area (Å²) in [6, 6.07) is 8.69. The summed E-state index contributed by atoms with van der Waals surface area (Å²) >= 11 is 0. The van der Waals surface area contributed by atoms with Gasteiger partial charge in [-0.25, -0.2) is 0 Å². The van der Waals surface area contributed by atoms with Gasteiger partial charge in [-0.05, 0) is 43.2 Å². The molecule has 0 aromatic heterocycles. The van der Waals surface area contributed by atoms with Gasteiger partial charge in [-0.3, -0.25) is 0 Å². The third kappa shape index (κ3) is 1.74. The molecule has 0 amide bonds. The molecule has 2 aliphatic rings. The number of para-hydroxylation sites is 1. The third-order valence-electron chi connectivity index (χ3n) is 3.60. The number of anilines is 1. The van der Waals surface area contributed by atoms with Crippen LogP contribution in [0.15, 0.2) is 24.3 Å². The fourth-order valence-corrected chi connectivity index (χ4v) is 2.48. The van der Waals surface area contributed by atoms with Crippen LogP contribution in [0.2, 0.25) is 0 Å². The molecule has 1 aliphatic heterocycles. The van der Waals surface area contributed by atoms with Crippen molar-refractivity contribution in [1.82, 2.24) is 0 Å². The highest BCUT2D eigenvalue weighted by atomic mass is 16.3. The molecule has 1 heterocycles. The Balaban J connectivity index is 1.76. The van der Waals surface area contributed by atoms with E-state index in [1.165, 1.54) is 24.1 Å². The van der Waals surface area contributed by atoms with Gasteiger partial charge in [0.05, 0.1) is 12.1 Å². The molecule has 1 saturated carbocycles. The number of fused-ring (bicyclic) bond motifs is 1. The maximum Gasteiger partial charge on any atom is 0.0769 e. The van der Waals surface area contributed by atoms with Crippen molar-refractivity contribution in [2.75, 3.05) is 5.32 Å². The number of benzene rings is 1. The predicted octanol–water partition coefficient (Wildman–Crippen LogP) is 2.18. The fourth-order valence-electron chi connectivity index (χ4n) is 2.48. The molecule has 0 bridgehead atoms. The molecule has 1 fully saturated rings. The second kappa shape index (κ2) is 3.53. The Labute approximate surface area is 90.3 Å². The first kappa shape index (κ1) is 9.22. The molecule has 80 valence electrons. The van der Waals surface area contributed by atoms with E-state index in [2.05, 4.69) is 29.6 Å². The van der Waals surface area contributed by atoms with Crippen LogP contribution in [-0.4, -0.2) is 17.3 Å². The highest BCUT2D eigenvalue weighted by Crippen LogP contribution is 2.37. The molecule has 0 radical (unpaired) electrons. The first-order chi connectivity index (χ1) is 7.34. The van der Waals surface area contributed by atoms with Gasteiger partial charge < -0.3 is 10.4 Å². The van der Waals surface area contributed by atoms with Gasteiger partial charge in [0.2, 0.25) is 0 Å². The highest BCUT2D eigenvalue weighted by molar-refractivity contribution is 5.54. The Morgan fingerprint density at radius 1 is 1.20 bits per heavy atom. The van der Waals surface area contributed by atoms with Crippen molar-refractivity contribution in [3.05, 3.63) is 29.8 Å². The zero-order chi connectivity index (χ0) is 10.3. The summed E-state index contributed by atoms with van der Waals surface area (Å²) < 4.78 is 0. The van der Waals surface area contributed by atoms with Crippen LogP contribution in [-0.2, 0) is 6.42 Å². The third-order valence-corrected chi connectivity index (χ3v) is 3.60. The maximum atomic E-state index is 10.1. The van der Waals surface area contributed by atoms with E-state index >= 15 is 0 Å². The summed E-state index contributed by atoms with van der Waals surface area (Å²) in [7, 11) is 0. The minimum Gasteiger partial charge on any atom is -0.391 e. The van der Waals surface area contributed by atoms with E-state index in [1.807, 2.05) is 0 Å². The summed E-state index contributed by atoms with van der Waals surface area (Å²) in [6.45, 7) is 0. The van der Waals surface area contributed by atoms with E-state index in [0.717, 1.165) is 12.8 Å². The molecule has 1 aromatic rings. The number of aliphatic hydroxyl groups excluding tert-OH is 1. The summed E-state index contributed by atoms with van der Waals surface area (Å²) in [5.74, 6) is 0.563. The van der Waals surface area contributed by atoms with Gasteiger partial charge in [0, 0.05) is 5.69 Å². The van der Waals surface area contributed by atoms with Crippen LogP contribution in [0.3, 0.4) is 0 Å². The molecule has 15 heavy (non-hydrogen) atoms. The lowest BCUT2D eigenvalue weighted by molar-refractivity contribution is 0.124. The lowest BCUT2D eigenvalue weighted by Crippen LogP contribution is -2.38. The number of aryl methyl sites for hydroxylation is 1. The molecule has 3 rings (SSSR count). The number of rotatable bonds is 2. The average molecular weight is 203 g/mol. The Morgan fingerprint density at radius 3 is 2.80 bits per heavy atom. The normalized spacial score (nSPS) is 26.6. The van der Waals surface area contributed by atoms with Crippen molar-refractivity contribution < 1.29 is 5.11 Å². The van der Waals surface area contributed by atoms with Crippen LogP contribution in [0.5, 0.6) is 0 Å². The number of nitrogens with one attached hydrogen (secondary N) is 1. The van der Waals surface area contributed by atoms with Gasteiger partial charge >= 0.3 is 0 Å². The van der Waals surface area contributed by atoms with E-state index in [9.17, 15) is 5.11 Å². The SMILES string of the molecule is OC(C1CC1)C1CCc2ccccc2N1. The summed E-state index contributed by atoms with van der Waals surface area (Å²) in [6.07, 6.45) is 4.44. The first-order valence-electron chi connectivity index (χ1n) is 5.87. The van der Waals surface area contributed by atoms with Crippen LogP contribution < -0.4 is 5.32 Å². The Bertz CT molecular complexity index is 359. The van der Waals surface area contributed by atoms with E-state index in [-0.39, 0.29) is 12.1 Å². The molecular weight excluding hydrogens is 186 g/mol. The van der Waals surface area contributed by atoms with Gasteiger partial charge in [0.1, 0.15) is 0 Å². The van der Waals surface area contributed by atoms with Crippen LogP contribution in [0.1, 0.15) is 24.8 Å². The van der Waals surface area contributed by atoms with Gasteiger partial charge in [-0.2, -0.15) is 0 Å². The van der Waals surface area contributed by atoms with Crippen LogP contribution in [0.4, 0.5) is 5.69 Å². The van der Waals surface area contributed by atoms with Gasteiger partial charge in [-0.1, -0.05) is 18.2 Å². The minimum atomic E-state index is -0.140. The summed E-state index contributed by atoms with van der Waals surface area (Å²) in [5, 5.41) is 13.5. The van der Waals surface area contributed by atoms with Crippen LogP contribution >= 0.6 is 0 Å². The quantitative estimate of drug-likeness (QED) is 0.772. The molecule has 2 heteroatoms. The number of hydrogen-bond acceptors (Lipinski definition) is 2.